The van der Waals surface area contributed by atoms with E-state index in [2.05, 4.69) is 0 Å². The van der Waals surface area contributed by atoms with Crippen molar-refractivity contribution in [2.24, 2.45) is 5.73 Å². The number of halogens is 1. The van der Waals surface area contributed by atoms with Gasteiger partial charge in [-0.05, 0) is 37.1 Å². The van der Waals surface area contributed by atoms with Gasteiger partial charge in [-0.2, -0.15) is 0 Å². The molecule has 0 radical (unpaired) electrons. The van der Waals surface area contributed by atoms with Crippen LogP contribution in [0.2, 0.25) is 5.02 Å². The molecule has 1 aromatic rings. The van der Waals surface area contributed by atoms with E-state index in [1.54, 1.807) is 12.0 Å². The van der Waals surface area contributed by atoms with E-state index in [1.807, 2.05) is 20.0 Å². The first-order chi connectivity index (χ1) is 9.49. The van der Waals surface area contributed by atoms with E-state index in [-0.39, 0.29) is 11.8 Å². The molecule has 0 bridgehead atoms. The van der Waals surface area contributed by atoms with E-state index >= 15 is 0 Å². The number of amides is 1. The molecule has 1 aliphatic heterocycles. The van der Waals surface area contributed by atoms with Crippen molar-refractivity contribution in [3.05, 3.63) is 27.8 Å². The van der Waals surface area contributed by atoms with Crippen molar-refractivity contribution in [1.29, 1.82) is 0 Å². The van der Waals surface area contributed by atoms with Gasteiger partial charge in [0.2, 0.25) is 5.91 Å². The van der Waals surface area contributed by atoms with Crippen LogP contribution in [0.4, 0.5) is 0 Å². The minimum Gasteiger partial charge on any atom is -0.496 e. The van der Waals surface area contributed by atoms with Crippen molar-refractivity contribution in [2.45, 2.75) is 25.7 Å². The molecule has 0 aromatic heterocycles. The third kappa shape index (κ3) is 2.63. The summed E-state index contributed by atoms with van der Waals surface area (Å²) in [5.41, 5.74) is 8.73. The van der Waals surface area contributed by atoms with Gasteiger partial charge in [-0.3, -0.25) is 4.79 Å². The number of nitrogens with two attached hydrogens (primary N) is 1. The highest BCUT2D eigenvalue weighted by molar-refractivity contribution is 6.31. The SMILES string of the molecule is COc1c(CCN)cc(Cl)c(C)c1C1CC(=O)N(C)C1. The lowest BCUT2D eigenvalue weighted by molar-refractivity contribution is -0.126. The molecule has 1 heterocycles. The van der Waals surface area contributed by atoms with Crippen molar-refractivity contribution in [1.82, 2.24) is 4.90 Å². The van der Waals surface area contributed by atoms with E-state index in [0.717, 1.165) is 22.4 Å². The van der Waals surface area contributed by atoms with Gasteiger partial charge >= 0.3 is 0 Å². The summed E-state index contributed by atoms with van der Waals surface area (Å²) in [6.45, 7) is 3.23. The molecule has 0 saturated carbocycles. The van der Waals surface area contributed by atoms with Gasteiger partial charge in [0.1, 0.15) is 5.75 Å². The molecule has 2 rings (SSSR count). The molecule has 1 aliphatic rings. The molecule has 1 amide bonds. The Morgan fingerprint density at radius 2 is 2.25 bits per heavy atom. The summed E-state index contributed by atoms with van der Waals surface area (Å²) in [6, 6.07) is 1.92. The Bertz CT molecular complexity index is 531. The molecule has 0 aliphatic carbocycles. The molecule has 1 saturated heterocycles. The minimum atomic E-state index is 0.137. The Kier molecular flexibility index (Phi) is 4.55. The van der Waals surface area contributed by atoms with Gasteiger partial charge in [0.05, 0.1) is 7.11 Å². The molecule has 1 atom stereocenters. The second-order valence-electron chi connectivity index (χ2n) is 5.30. The predicted molar refractivity (Wildman–Crippen MR) is 80.5 cm³/mol. The van der Waals surface area contributed by atoms with E-state index < -0.39 is 0 Å². The van der Waals surface area contributed by atoms with Gasteiger partial charge in [-0.25, -0.2) is 0 Å². The smallest absolute Gasteiger partial charge is 0.223 e. The Labute approximate surface area is 124 Å². The van der Waals surface area contributed by atoms with Crippen LogP contribution in [0.5, 0.6) is 5.75 Å². The molecule has 110 valence electrons. The lowest BCUT2D eigenvalue weighted by atomic mass is 9.90. The van der Waals surface area contributed by atoms with Crippen LogP contribution < -0.4 is 10.5 Å². The van der Waals surface area contributed by atoms with E-state index in [4.69, 9.17) is 22.1 Å². The fraction of sp³-hybridized carbons (Fsp3) is 0.533. The number of carbonyl (C=O) groups excluding carboxylic acids is 1. The number of carbonyl (C=O) groups is 1. The van der Waals surface area contributed by atoms with Crippen molar-refractivity contribution >= 4 is 17.5 Å². The highest BCUT2D eigenvalue weighted by Crippen LogP contribution is 2.41. The molecule has 1 fully saturated rings. The number of benzene rings is 1. The number of methoxy groups -OCH3 is 1. The standard InChI is InChI=1S/C15H21ClN2O2/c1-9-12(16)6-10(4-5-17)15(20-3)14(9)11-7-13(19)18(2)8-11/h6,11H,4-5,7-8,17H2,1-3H3. The van der Waals surface area contributed by atoms with E-state index in [0.29, 0.717) is 31.0 Å². The maximum atomic E-state index is 11.8. The number of likely N-dealkylation sites (N-methyl/N-ethyl adjacent to an activating group) is 1. The Balaban J connectivity index is 2.52. The lowest BCUT2D eigenvalue weighted by Crippen LogP contribution is -2.19. The Hall–Kier alpha value is -1.26. The molecule has 1 unspecified atom stereocenters. The summed E-state index contributed by atoms with van der Waals surface area (Å²) < 4.78 is 5.60. The summed E-state index contributed by atoms with van der Waals surface area (Å²) >= 11 is 6.34. The maximum Gasteiger partial charge on any atom is 0.223 e. The zero-order valence-electron chi connectivity index (χ0n) is 12.2. The zero-order chi connectivity index (χ0) is 14.9. The first kappa shape index (κ1) is 15.1. The summed E-state index contributed by atoms with van der Waals surface area (Å²) in [4.78, 5) is 13.6. The van der Waals surface area contributed by atoms with Crippen LogP contribution >= 0.6 is 11.6 Å². The summed E-state index contributed by atoms with van der Waals surface area (Å²) in [7, 11) is 3.49. The molecule has 5 heteroatoms. The molecule has 0 spiro atoms. The predicted octanol–water partition coefficient (Wildman–Crippen LogP) is 2.10. The molecule has 1 aromatic carbocycles. The van der Waals surface area contributed by atoms with Gasteiger partial charge in [0.25, 0.3) is 0 Å². The van der Waals surface area contributed by atoms with Crippen molar-refractivity contribution in [3.63, 3.8) is 0 Å². The van der Waals surface area contributed by atoms with Crippen molar-refractivity contribution in [2.75, 3.05) is 27.2 Å². The molecule has 20 heavy (non-hydrogen) atoms. The van der Waals surface area contributed by atoms with Crippen molar-refractivity contribution in [3.8, 4) is 5.75 Å². The average molecular weight is 297 g/mol. The second-order valence-corrected chi connectivity index (χ2v) is 5.71. The molecule has 2 N–H and O–H groups in total. The lowest BCUT2D eigenvalue weighted by Gasteiger charge is -2.21. The van der Waals surface area contributed by atoms with Crippen molar-refractivity contribution < 1.29 is 9.53 Å². The number of rotatable bonds is 4. The number of hydrogen-bond acceptors (Lipinski definition) is 3. The van der Waals surface area contributed by atoms with Crippen LogP contribution in [0.3, 0.4) is 0 Å². The summed E-state index contributed by atoms with van der Waals surface area (Å²) in [5.74, 6) is 1.14. The topological polar surface area (TPSA) is 55.6 Å². The molecular formula is C15H21ClN2O2. The molecule has 4 nitrogen and oxygen atoms in total. The summed E-state index contributed by atoms with van der Waals surface area (Å²) in [6.07, 6.45) is 1.22. The highest BCUT2D eigenvalue weighted by atomic mass is 35.5. The monoisotopic (exact) mass is 296 g/mol. The fourth-order valence-electron chi connectivity index (χ4n) is 2.93. The van der Waals surface area contributed by atoms with Gasteiger partial charge in [0.15, 0.2) is 0 Å². The largest absolute Gasteiger partial charge is 0.496 e. The number of nitrogens with zero attached hydrogens (tertiary/aromatic N) is 1. The number of likely N-dealkylation sites (tertiary alicyclic amines) is 1. The van der Waals surface area contributed by atoms with Gasteiger partial charge in [-0.1, -0.05) is 11.6 Å². The van der Waals surface area contributed by atoms with Crippen LogP contribution in [0.25, 0.3) is 0 Å². The third-order valence-corrected chi connectivity index (χ3v) is 4.36. The van der Waals surface area contributed by atoms with Crippen LogP contribution in [0.15, 0.2) is 6.07 Å². The third-order valence-electron chi connectivity index (χ3n) is 3.97. The Morgan fingerprint density at radius 3 is 2.75 bits per heavy atom. The average Bonchev–Trinajstić information content (AvgIpc) is 2.73. The number of ether oxygens (including phenoxy) is 1. The fourth-order valence-corrected chi connectivity index (χ4v) is 3.16. The molecular weight excluding hydrogens is 276 g/mol. The first-order valence-corrected chi connectivity index (χ1v) is 7.17. The van der Waals surface area contributed by atoms with E-state index in [9.17, 15) is 4.79 Å². The van der Waals surface area contributed by atoms with Crippen LogP contribution in [0, 0.1) is 6.92 Å². The van der Waals surface area contributed by atoms with Crippen LogP contribution in [-0.4, -0.2) is 38.1 Å². The maximum absolute atomic E-state index is 11.8. The van der Waals surface area contributed by atoms with Crippen LogP contribution in [-0.2, 0) is 11.2 Å². The van der Waals surface area contributed by atoms with Gasteiger partial charge in [0, 0.05) is 36.5 Å². The zero-order valence-corrected chi connectivity index (χ0v) is 13.0. The minimum absolute atomic E-state index is 0.137. The van der Waals surface area contributed by atoms with Gasteiger partial charge in [-0.15, -0.1) is 0 Å². The summed E-state index contributed by atoms with van der Waals surface area (Å²) in [5, 5.41) is 0.714. The quantitative estimate of drug-likeness (QED) is 0.926. The second kappa shape index (κ2) is 6.02. The normalized spacial score (nSPS) is 18.8. The Morgan fingerprint density at radius 1 is 1.55 bits per heavy atom. The van der Waals surface area contributed by atoms with Gasteiger partial charge < -0.3 is 15.4 Å². The number of hydrogen-bond donors (Lipinski definition) is 1. The first-order valence-electron chi connectivity index (χ1n) is 6.79. The van der Waals surface area contributed by atoms with E-state index in [1.165, 1.54) is 0 Å². The highest BCUT2D eigenvalue weighted by Gasteiger charge is 2.32. The van der Waals surface area contributed by atoms with Crippen LogP contribution in [0.1, 0.15) is 29.0 Å².